The Labute approximate surface area is 163 Å². The molecule has 0 bridgehead atoms. The molecule has 0 spiro atoms. The number of anilines is 1. The molecule has 0 aliphatic carbocycles. The third-order valence-electron chi connectivity index (χ3n) is 3.70. The summed E-state index contributed by atoms with van der Waals surface area (Å²) in [5.74, 6) is 0.0637. The lowest BCUT2D eigenvalue weighted by Gasteiger charge is -2.08. The lowest BCUT2D eigenvalue weighted by molar-refractivity contribution is -0.112. The molecule has 0 heterocycles. The first-order valence-electron chi connectivity index (χ1n) is 8.44. The second-order valence-corrected chi connectivity index (χ2v) is 5.57. The normalized spacial score (nSPS) is 10.6. The van der Waals surface area contributed by atoms with Gasteiger partial charge in [-0.2, -0.15) is 5.26 Å². The third-order valence-corrected chi connectivity index (χ3v) is 3.70. The number of carbonyl (C=O) groups excluding carboxylic acids is 2. The highest BCUT2D eigenvalue weighted by Crippen LogP contribution is 2.24. The fourth-order valence-electron chi connectivity index (χ4n) is 2.33. The number of carbonyl (C=O) groups is 2. The van der Waals surface area contributed by atoms with Crippen LogP contribution in [0.5, 0.6) is 11.5 Å². The molecule has 2 rings (SSSR count). The van der Waals surface area contributed by atoms with Crippen LogP contribution in [0.2, 0.25) is 0 Å². The van der Waals surface area contributed by atoms with Crippen LogP contribution < -0.4 is 14.8 Å². The van der Waals surface area contributed by atoms with Gasteiger partial charge in [0.05, 0.1) is 26.4 Å². The molecule has 0 atom stereocenters. The van der Waals surface area contributed by atoms with E-state index >= 15 is 0 Å². The first-order valence-corrected chi connectivity index (χ1v) is 8.44. The molecule has 2 aromatic rings. The van der Waals surface area contributed by atoms with E-state index < -0.39 is 11.9 Å². The maximum absolute atomic E-state index is 12.4. The first-order chi connectivity index (χ1) is 13.5. The van der Waals surface area contributed by atoms with Crippen molar-refractivity contribution in [1.82, 2.24) is 0 Å². The summed E-state index contributed by atoms with van der Waals surface area (Å²) in [6.45, 7) is 2.00. The monoisotopic (exact) mass is 380 g/mol. The van der Waals surface area contributed by atoms with Gasteiger partial charge in [0, 0.05) is 11.8 Å². The molecule has 0 saturated heterocycles. The molecule has 0 unspecified atom stereocenters. The summed E-state index contributed by atoms with van der Waals surface area (Å²) < 4.78 is 15.3. The predicted molar refractivity (Wildman–Crippen MR) is 104 cm³/mol. The first kappa shape index (κ1) is 20.5. The number of hydrogen-bond acceptors (Lipinski definition) is 6. The molecular weight excluding hydrogens is 360 g/mol. The number of hydrogen-bond donors (Lipinski definition) is 1. The van der Waals surface area contributed by atoms with E-state index in [9.17, 15) is 14.9 Å². The zero-order valence-electron chi connectivity index (χ0n) is 15.8. The quantitative estimate of drug-likeness (QED) is 0.449. The fourth-order valence-corrected chi connectivity index (χ4v) is 2.33. The second kappa shape index (κ2) is 9.78. The molecule has 0 aromatic heterocycles. The van der Waals surface area contributed by atoms with Gasteiger partial charge in [-0.1, -0.05) is 0 Å². The smallest absolute Gasteiger partial charge is 0.338 e. The van der Waals surface area contributed by atoms with Crippen molar-refractivity contribution in [3.05, 3.63) is 59.2 Å². The Hall–Kier alpha value is -3.79. The van der Waals surface area contributed by atoms with E-state index in [-0.39, 0.29) is 12.2 Å². The molecule has 0 aliphatic heterocycles. The number of nitrogens with zero attached hydrogens (tertiary/aromatic N) is 1. The van der Waals surface area contributed by atoms with Gasteiger partial charge in [-0.3, -0.25) is 4.79 Å². The van der Waals surface area contributed by atoms with Crippen LogP contribution in [0, 0.1) is 11.3 Å². The largest absolute Gasteiger partial charge is 0.497 e. The average Bonchev–Trinajstić information content (AvgIpc) is 2.72. The van der Waals surface area contributed by atoms with E-state index in [4.69, 9.17) is 14.2 Å². The zero-order valence-corrected chi connectivity index (χ0v) is 15.8. The molecule has 7 nitrogen and oxygen atoms in total. The Morgan fingerprint density at radius 2 is 1.68 bits per heavy atom. The standard InChI is InChI=1S/C21H20N2O5/c1-4-28-21(25)15-5-7-17(8-6-15)23-20(24)16(13-22)9-14-10-18(26-2)12-19(11-14)27-3/h5-12H,4H2,1-3H3,(H,23,24)/b16-9+. The maximum Gasteiger partial charge on any atom is 0.338 e. The van der Waals surface area contributed by atoms with Crippen molar-refractivity contribution in [3.8, 4) is 17.6 Å². The van der Waals surface area contributed by atoms with Crippen molar-refractivity contribution in [2.45, 2.75) is 6.92 Å². The van der Waals surface area contributed by atoms with Crippen LogP contribution in [0.25, 0.3) is 6.08 Å². The molecule has 1 amide bonds. The molecule has 0 saturated carbocycles. The summed E-state index contributed by atoms with van der Waals surface area (Å²) in [6.07, 6.45) is 1.44. The molecule has 1 N–H and O–H groups in total. The highest BCUT2D eigenvalue weighted by molar-refractivity contribution is 6.09. The summed E-state index contributed by atoms with van der Waals surface area (Å²) in [6, 6.07) is 13.1. The Bertz CT molecular complexity index is 905. The fraction of sp³-hybridized carbons (Fsp3) is 0.190. The SMILES string of the molecule is CCOC(=O)c1ccc(NC(=O)/C(C#N)=C/c2cc(OC)cc(OC)c2)cc1. The number of nitrogens with one attached hydrogen (secondary N) is 1. The van der Waals surface area contributed by atoms with E-state index in [1.807, 2.05) is 6.07 Å². The minimum Gasteiger partial charge on any atom is -0.497 e. The van der Waals surface area contributed by atoms with E-state index in [1.54, 1.807) is 37.3 Å². The van der Waals surface area contributed by atoms with Gasteiger partial charge in [-0.15, -0.1) is 0 Å². The van der Waals surface area contributed by atoms with Crippen molar-refractivity contribution in [2.24, 2.45) is 0 Å². The third kappa shape index (κ3) is 5.35. The van der Waals surface area contributed by atoms with Gasteiger partial charge < -0.3 is 19.5 Å². The Balaban J connectivity index is 2.19. The maximum atomic E-state index is 12.4. The molecule has 144 valence electrons. The van der Waals surface area contributed by atoms with Crippen LogP contribution >= 0.6 is 0 Å². The number of ether oxygens (including phenoxy) is 3. The number of amides is 1. The summed E-state index contributed by atoms with van der Waals surface area (Å²) in [7, 11) is 3.03. The summed E-state index contributed by atoms with van der Waals surface area (Å²) >= 11 is 0. The number of methoxy groups -OCH3 is 2. The van der Waals surface area contributed by atoms with Crippen molar-refractivity contribution >= 4 is 23.6 Å². The van der Waals surface area contributed by atoms with Crippen LogP contribution in [0.3, 0.4) is 0 Å². The van der Waals surface area contributed by atoms with Gasteiger partial charge in [0.2, 0.25) is 0 Å². The van der Waals surface area contributed by atoms with Crippen LogP contribution in [0.15, 0.2) is 48.0 Å². The van der Waals surface area contributed by atoms with Gasteiger partial charge in [0.15, 0.2) is 0 Å². The Morgan fingerprint density at radius 1 is 1.07 bits per heavy atom. The van der Waals surface area contributed by atoms with Crippen LogP contribution in [0.1, 0.15) is 22.8 Å². The molecule has 0 radical (unpaired) electrons. The Kier molecular flexibility index (Phi) is 7.17. The second-order valence-electron chi connectivity index (χ2n) is 5.57. The molecule has 28 heavy (non-hydrogen) atoms. The minimum atomic E-state index is -0.576. The van der Waals surface area contributed by atoms with E-state index in [0.29, 0.717) is 28.3 Å². The molecule has 0 fully saturated rings. The highest BCUT2D eigenvalue weighted by atomic mass is 16.5. The van der Waals surface area contributed by atoms with Crippen molar-refractivity contribution in [1.29, 1.82) is 5.26 Å². The van der Waals surface area contributed by atoms with Crippen molar-refractivity contribution < 1.29 is 23.8 Å². The van der Waals surface area contributed by atoms with E-state index in [2.05, 4.69) is 5.32 Å². The van der Waals surface area contributed by atoms with Crippen molar-refractivity contribution in [3.63, 3.8) is 0 Å². The van der Waals surface area contributed by atoms with Crippen molar-refractivity contribution in [2.75, 3.05) is 26.1 Å². The van der Waals surface area contributed by atoms with E-state index in [1.165, 1.54) is 32.4 Å². The predicted octanol–water partition coefficient (Wildman–Crippen LogP) is 3.43. The summed E-state index contributed by atoms with van der Waals surface area (Å²) in [4.78, 5) is 24.1. The van der Waals surface area contributed by atoms with Gasteiger partial charge in [-0.25, -0.2) is 4.79 Å². The molecule has 2 aromatic carbocycles. The Morgan fingerprint density at radius 3 is 2.18 bits per heavy atom. The van der Waals surface area contributed by atoms with E-state index in [0.717, 1.165) is 0 Å². The topological polar surface area (TPSA) is 97.7 Å². The number of nitriles is 1. The molecule has 7 heteroatoms. The number of benzene rings is 2. The minimum absolute atomic E-state index is 0.0928. The molecule has 0 aliphatic rings. The highest BCUT2D eigenvalue weighted by Gasteiger charge is 2.12. The zero-order chi connectivity index (χ0) is 20.5. The van der Waals surface area contributed by atoms with Crippen LogP contribution in [-0.2, 0) is 9.53 Å². The molecular formula is C21H20N2O5. The lowest BCUT2D eigenvalue weighted by atomic mass is 10.1. The van der Waals surface area contributed by atoms with Gasteiger partial charge in [0.1, 0.15) is 23.1 Å². The van der Waals surface area contributed by atoms with Crippen LogP contribution in [0.4, 0.5) is 5.69 Å². The van der Waals surface area contributed by atoms with Gasteiger partial charge >= 0.3 is 5.97 Å². The van der Waals surface area contributed by atoms with Gasteiger partial charge in [-0.05, 0) is 55.0 Å². The average molecular weight is 380 g/mol. The summed E-state index contributed by atoms with van der Waals surface area (Å²) in [5, 5.41) is 12.0. The van der Waals surface area contributed by atoms with Gasteiger partial charge in [0.25, 0.3) is 5.91 Å². The van der Waals surface area contributed by atoms with Crippen LogP contribution in [-0.4, -0.2) is 32.7 Å². The summed E-state index contributed by atoms with van der Waals surface area (Å²) in [5.41, 5.74) is 1.31. The number of esters is 1. The lowest BCUT2D eigenvalue weighted by Crippen LogP contribution is -2.13. The number of rotatable bonds is 7.